The normalized spacial score (nSPS) is 11.6. The molecule has 0 aliphatic carbocycles. The molecule has 0 saturated carbocycles. The van der Waals surface area contributed by atoms with Gasteiger partial charge in [-0.2, -0.15) is 0 Å². The Morgan fingerprint density at radius 1 is 0.478 bits per heavy atom. The third-order valence-corrected chi connectivity index (χ3v) is 5.21. The summed E-state index contributed by atoms with van der Waals surface area (Å²) in [6.45, 7) is 2.29. The maximum absolute atomic E-state index is 3.50. The van der Waals surface area contributed by atoms with Gasteiger partial charge < -0.3 is 0 Å². The van der Waals surface area contributed by atoms with E-state index in [-0.39, 0.29) is 0 Å². The SMILES string of the molecule is CCCCCCCC/C=C\CCCCCCCCCCCCBr. The number of rotatable bonds is 19. The maximum Gasteiger partial charge on any atom is 0.00313 e. The van der Waals surface area contributed by atoms with E-state index in [1.54, 1.807) is 0 Å². The van der Waals surface area contributed by atoms with Crippen LogP contribution in [0.5, 0.6) is 0 Å². The van der Waals surface area contributed by atoms with Crippen molar-refractivity contribution < 1.29 is 0 Å². The Bertz CT molecular complexity index is 222. The molecule has 1 heteroatoms. The predicted octanol–water partition coefficient (Wildman–Crippen LogP) is 8.98. The molecule has 0 amide bonds. The van der Waals surface area contributed by atoms with Crippen LogP contribution >= 0.6 is 15.9 Å². The highest BCUT2D eigenvalue weighted by molar-refractivity contribution is 9.09. The molecule has 0 aromatic heterocycles. The lowest BCUT2D eigenvalue weighted by molar-refractivity contribution is 0.558. The Labute approximate surface area is 156 Å². The number of halogens is 1. The molecule has 0 saturated heterocycles. The van der Waals surface area contributed by atoms with E-state index in [0.717, 1.165) is 0 Å². The highest BCUT2D eigenvalue weighted by Gasteiger charge is 1.93. The summed E-state index contributed by atoms with van der Waals surface area (Å²) in [5, 5.41) is 1.18. The quantitative estimate of drug-likeness (QED) is 0.118. The Morgan fingerprint density at radius 3 is 1.22 bits per heavy atom. The lowest BCUT2D eigenvalue weighted by atomic mass is 10.1. The van der Waals surface area contributed by atoms with Gasteiger partial charge in [0.2, 0.25) is 0 Å². The number of unbranched alkanes of at least 4 members (excludes halogenated alkanes) is 16. The number of alkyl halides is 1. The van der Waals surface area contributed by atoms with Gasteiger partial charge >= 0.3 is 0 Å². The average Bonchev–Trinajstić information content (AvgIpc) is 2.57. The smallest absolute Gasteiger partial charge is 0.00313 e. The first-order chi connectivity index (χ1) is 11.4. The van der Waals surface area contributed by atoms with Gasteiger partial charge in [-0.3, -0.25) is 0 Å². The zero-order valence-electron chi connectivity index (χ0n) is 16.0. The van der Waals surface area contributed by atoms with E-state index < -0.39 is 0 Å². The van der Waals surface area contributed by atoms with E-state index in [0.29, 0.717) is 0 Å². The second kappa shape index (κ2) is 22.2. The second-order valence-corrected chi connectivity index (χ2v) is 7.83. The first kappa shape index (κ1) is 23.2. The van der Waals surface area contributed by atoms with Gasteiger partial charge in [0.15, 0.2) is 0 Å². The molecule has 138 valence electrons. The summed E-state index contributed by atoms with van der Waals surface area (Å²) in [5.74, 6) is 0. The van der Waals surface area contributed by atoms with Crippen molar-refractivity contribution in [2.45, 2.75) is 122 Å². The van der Waals surface area contributed by atoms with E-state index >= 15 is 0 Å². The van der Waals surface area contributed by atoms with Crippen molar-refractivity contribution in [3.8, 4) is 0 Å². The summed E-state index contributed by atoms with van der Waals surface area (Å²) in [4.78, 5) is 0. The average molecular weight is 387 g/mol. The van der Waals surface area contributed by atoms with Crippen LogP contribution in [0.15, 0.2) is 12.2 Å². The van der Waals surface area contributed by atoms with Gasteiger partial charge in [-0.05, 0) is 32.1 Å². The summed E-state index contributed by atoms with van der Waals surface area (Å²) in [7, 11) is 0. The molecule has 0 bridgehead atoms. The molecule has 0 heterocycles. The number of allylic oxidation sites excluding steroid dienone is 2. The standard InChI is InChI=1S/C22H43Br/c1-2-3-4-5-6-7-8-9-10-11-12-13-14-15-16-17-18-19-20-21-22-23/h9-10H,2-8,11-22H2,1H3/b10-9-. The minimum Gasteiger partial charge on any atom is -0.0928 e. The lowest BCUT2D eigenvalue weighted by Gasteiger charge is -2.01. The molecule has 0 atom stereocenters. The molecule has 0 N–H and O–H groups in total. The van der Waals surface area contributed by atoms with Crippen LogP contribution < -0.4 is 0 Å². The summed E-state index contributed by atoms with van der Waals surface area (Å²) in [6, 6.07) is 0. The Morgan fingerprint density at radius 2 is 0.826 bits per heavy atom. The first-order valence-corrected chi connectivity index (χ1v) is 11.7. The van der Waals surface area contributed by atoms with E-state index in [2.05, 4.69) is 35.0 Å². The Balaban J connectivity index is 3.02. The monoisotopic (exact) mass is 386 g/mol. The van der Waals surface area contributed by atoms with Crippen LogP contribution in [-0.4, -0.2) is 5.33 Å². The largest absolute Gasteiger partial charge is 0.0928 e. The van der Waals surface area contributed by atoms with Crippen LogP contribution in [0.3, 0.4) is 0 Å². The molecule has 23 heavy (non-hydrogen) atoms. The van der Waals surface area contributed by atoms with Gasteiger partial charge in [-0.1, -0.05) is 118 Å². The highest BCUT2D eigenvalue weighted by Crippen LogP contribution is 2.12. The molecule has 0 unspecified atom stereocenters. The van der Waals surface area contributed by atoms with Gasteiger partial charge in [0.1, 0.15) is 0 Å². The summed E-state index contributed by atoms with van der Waals surface area (Å²) >= 11 is 3.50. The predicted molar refractivity (Wildman–Crippen MR) is 112 cm³/mol. The highest BCUT2D eigenvalue weighted by atomic mass is 79.9. The molecule has 0 aliphatic heterocycles. The molecular formula is C22H43Br. The fourth-order valence-corrected chi connectivity index (χ4v) is 3.45. The third kappa shape index (κ3) is 22.2. The molecule has 0 rings (SSSR count). The minimum absolute atomic E-state index is 1.18. The maximum atomic E-state index is 3.50. The van der Waals surface area contributed by atoms with Crippen LogP contribution in [0.25, 0.3) is 0 Å². The van der Waals surface area contributed by atoms with Gasteiger partial charge in [0.25, 0.3) is 0 Å². The van der Waals surface area contributed by atoms with E-state index in [1.807, 2.05) is 0 Å². The Hall–Kier alpha value is 0.220. The van der Waals surface area contributed by atoms with Crippen molar-refractivity contribution in [2.75, 3.05) is 5.33 Å². The molecule has 0 aromatic rings. The summed E-state index contributed by atoms with van der Waals surface area (Å²) in [6.07, 6.45) is 30.3. The molecule has 0 nitrogen and oxygen atoms in total. The third-order valence-electron chi connectivity index (χ3n) is 4.65. The van der Waals surface area contributed by atoms with E-state index in [1.165, 1.54) is 121 Å². The van der Waals surface area contributed by atoms with Crippen LogP contribution in [0.2, 0.25) is 0 Å². The van der Waals surface area contributed by atoms with E-state index in [4.69, 9.17) is 0 Å². The molecular weight excluding hydrogens is 344 g/mol. The fraction of sp³-hybridized carbons (Fsp3) is 0.909. The van der Waals surface area contributed by atoms with Crippen molar-refractivity contribution in [2.24, 2.45) is 0 Å². The van der Waals surface area contributed by atoms with Gasteiger partial charge in [0.05, 0.1) is 0 Å². The van der Waals surface area contributed by atoms with Gasteiger partial charge in [-0.25, -0.2) is 0 Å². The van der Waals surface area contributed by atoms with Crippen LogP contribution in [0.1, 0.15) is 122 Å². The van der Waals surface area contributed by atoms with Crippen molar-refractivity contribution in [3.63, 3.8) is 0 Å². The van der Waals surface area contributed by atoms with Crippen LogP contribution in [0.4, 0.5) is 0 Å². The fourth-order valence-electron chi connectivity index (χ4n) is 3.05. The first-order valence-electron chi connectivity index (χ1n) is 10.6. The zero-order chi connectivity index (χ0) is 16.8. The molecule has 0 spiro atoms. The van der Waals surface area contributed by atoms with Crippen molar-refractivity contribution >= 4 is 15.9 Å². The van der Waals surface area contributed by atoms with Crippen molar-refractivity contribution in [1.29, 1.82) is 0 Å². The molecule has 0 aromatic carbocycles. The van der Waals surface area contributed by atoms with Gasteiger partial charge in [-0.15, -0.1) is 0 Å². The molecule has 0 radical (unpaired) electrons. The van der Waals surface area contributed by atoms with Crippen molar-refractivity contribution in [1.82, 2.24) is 0 Å². The minimum atomic E-state index is 1.18. The summed E-state index contributed by atoms with van der Waals surface area (Å²) < 4.78 is 0. The van der Waals surface area contributed by atoms with E-state index in [9.17, 15) is 0 Å². The summed E-state index contributed by atoms with van der Waals surface area (Å²) in [5.41, 5.74) is 0. The second-order valence-electron chi connectivity index (χ2n) is 7.04. The zero-order valence-corrected chi connectivity index (χ0v) is 17.6. The molecule has 0 fully saturated rings. The number of hydrogen-bond acceptors (Lipinski definition) is 0. The topological polar surface area (TPSA) is 0 Å². The lowest BCUT2D eigenvalue weighted by Crippen LogP contribution is -1.82. The van der Waals surface area contributed by atoms with Crippen molar-refractivity contribution in [3.05, 3.63) is 12.2 Å². The van der Waals surface area contributed by atoms with Crippen LogP contribution in [-0.2, 0) is 0 Å². The van der Waals surface area contributed by atoms with Gasteiger partial charge in [0, 0.05) is 5.33 Å². The Kier molecular flexibility index (Phi) is 22.4. The number of hydrogen-bond donors (Lipinski definition) is 0. The van der Waals surface area contributed by atoms with Crippen LogP contribution in [0, 0.1) is 0 Å². The molecule has 0 aliphatic rings.